The Morgan fingerprint density at radius 1 is 0.643 bits per heavy atom. The molecule has 0 aliphatic rings. The average molecular weight is 196 g/mol. The fourth-order valence-corrected chi connectivity index (χ4v) is 2.97. The van der Waals surface area contributed by atoms with E-state index in [1.54, 1.807) is 0 Å². The second-order valence-corrected chi connectivity index (χ2v) is 5.32. The molecule has 1 heteroatoms. The third kappa shape index (κ3) is 1.88. The first kappa shape index (κ1) is 9.10. The summed E-state index contributed by atoms with van der Waals surface area (Å²) in [6.07, 6.45) is 4.28. The van der Waals surface area contributed by atoms with Crippen LogP contribution in [0.3, 0.4) is 0 Å². The second kappa shape index (κ2) is 4.16. The Kier molecular flexibility index (Phi) is 2.70. The zero-order chi connectivity index (χ0) is 9.80. The van der Waals surface area contributed by atoms with E-state index in [1.165, 1.54) is 10.4 Å². The molecule has 0 fully saturated rings. The summed E-state index contributed by atoms with van der Waals surface area (Å²) in [5.74, 6) is 0. The van der Waals surface area contributed by atoms with Gasteiger partial charge in [0.15, 0.2) is 0 Å². The van der Waals surface area contributed by atoms with Crippen molar-refractivity contribution >= 4 is 25.0 Å². The molecule has 0 bridgehead atoms. The van der Waals surface area contributed by atoms with Crippen LogP contribution in [-0.4, -0.2) is 14.6 Å². The Bertz CT molecular complexity index is 376. The fraction of sp³-hybridized carbons (Fsp3) is 0. The van der Waals surface area contributed by atoms with Gasteiger partial charge in [0.25, 0.3) is 0 Å². The summed E-state index contributed by atoms with van der Waals surface area (Å²) in [7, 11) is -0.795. The molecule has 0 saturated carbocycles. The maximum atomic E-state index is 4.28. The van der Waals surface area contributed by atoms with Gasteiger partial charge in [0, 0.05) is 0 Å². The molecule has 0 heterocycles. The molecular weight excluding hydrogens is 184 g/mol. The van der Waals surface area contributed by atoms with E-state index in [0.717, 1.165) is 0 Å². The summed E-state index contributed by atoms with van der Waals surface area (Å²) in [5, 5.41) is 2.73. The van der Waals surface area contributed by atoms with Crippen LogP contribution in [0.2, 0.25) is 0 Å². The number of hydrogen-bond donors (Lipinski definition) is 0. The van der Waals surface area contributed by atoms with Gasteiger partial charge in [-0.1, -0.05) is 60.7 Å². The number of rotatable bonds is 2. The predicted molar refractivity (Wildman–Crippen MR) is 65.0 cm³/mol. The van der Waals surface area contributed by atoms with E-state index < -0.39 is 8.41 Å². The van der Waals surface area contributed by atoms with Crippen molar-refractivity contribution in [1.29, 1.82) is 0 Å². The summed E-state index contributed by atoms with van der Waals surface area (Å²) in [5.41, 5.74) is 0. The van der Waals surface area contributed by atoms with Crippen LogP contribution in [0.15, 0.2) is 60.7 Å². The Balaban J connectivity index is 2.35. The quantitative estimate of drug-likeness (QED) is 0.635. The van der Waals surface area contributed by atoms with Crippen LogP contribution < -0.4 is 10.4 Å². The fourth-order valence-electron chi connectivity index (χ4n) is 1.45. The van der Waals surface area contributed by atoms with Gasteiger partial charge in [0.05, 0.1) is 8.41 Å². The van der Waals surface area contributed by atoms with Gasteiger partial charge in [0.1, 0.15) is 0 Å². The van der Waals surface area contributed by atoms with Gasteiger partial charge in [0.2, 0.25) is 0 Å². The zero-order valence-corrected chi connectivity index (χ0v) is 8.98. The minimum absolute atomic E-state index is 0.795. The largest absolute Gasteiger partial charge is 0.110 e. The molecule has 0 unspecified atom stereocenters. The highest BCUT2D eigenvalue weighted by atomic mass is 28.2. The van der Waals surface area contributed by atoms with Crippen molar-refractivity contribution in [3.63, 3.8) is 0 Å². The molecule has 68 valence electrons. The van der Waals surface area contributed by atoms with Gasteiger partial charge < -0.3 is 0 Å². The van der Waals surface area contributed by atoms with Crippen molar-refractivity contribution in [1.82, 2.24) is 0 Å². The van der Waals surface area contributed by atoms with Gasteiger partial charge in [-0.2, -0.15) is 0 Å². The molecule has 0 spiro atoms. The lowest BCUT2D eigenvalue weighted by Crippen LogP contribution is -2.33. The van der Waals surface area contributed by atoms with E-state index in [9.17, 15) is 0 Å². The van der Waals surface area contributed by atoms with Crippen LogP contribution in [0.1, 0.15) is 0 Å². The molecule has 2 rings (SSSR count). The molecular formula is C13H12Si. The topological polar surface area (TPSA) is 0 Å². The first-order chi connectivity index (χ1) is 6.88. The van der Waals surface area contributed by atoms with Crippen molar-refractivity contribution in [2.75, 3.05) is 0 Å². The Morgan fingerprint density at radius 3 is 1.36 bits per heavy atom. The van der Waals surface area contributed by atoms with Crippen LogP contribution in [0.25, 0.3) is 0 Å². The second-order valence-electron chi connectivity index (χ2n) is 3.21. The third-order valence-corrected chi connectivity index (χ3v) is 4.31. The smallest absolute Gasteiger partial charge is 0.0727 e. The highest BCUT2D eigenvalue weighted by Crippen LogP contribution is 1.86. The lowest BCUT2D eigenvalue weighted by atomic mass is 10.4. The first-order valence-electron chi connectivity index (χ1n) is 4.67. The molecule has 0 atom stereocenters. The van der Waals surface area contributed by atoms with Crippen molar-refractivity contribution in [2.24, 2.45) is 0 Å². The maximum Gasteiger partial charge on any atom is 0.0727 e. The monoisotopic (exact) mass is 196 g/mol. The van der Waals surface area contributed by atoms with E-state index in [2.05, 4.69) is 54.7 Å². The lowest BCUT2D eigenvalue weighted by molar-refractivity contribution is 1.74. The van der Waals surface area contributed by atoms with Gasteiger partial charge in [-0.25, -0.2) is 0 Å². The summed E-state index contributed by atoms with van der Waals surface area (Å²) in [6, 6.07) is 21.0. The third-order valence-electron chi connectivity index (χ3n) is 2.24. The van der Waals surface area contributed by atoms with Gasteiger partial charge in [-0.3, -0.25) is 0 Å². The van der Waals surface area contributed by atoms with E-state index in [-0.39, 0.29) is 0 Å². The predicted octanol–water partition coefficient (Wildman–Crippen LogP) is 1.31. The zero-order valence-electron chi connectivity index (χ0n) is 7.98. The minimum Gasteiger partial charge on any atom is -0.110 e. The summed E-state index contributed by atoms with van der Waals surface area (Å²) in [6.45, 7) is 0. The Morgan fingerprint density at radius 2 is 1.00 bits per heavy atom. The van der Waals surface area contributed by atoms with Gasteiger partial charge >= 0.3 is 0 Å². The van der Waals surface area contributed by atoms with E-state index in [4.69, 9.17) is 0 Å². The Hall–Kier alpha value is -1.47. The molecule has 2 aromatic rings. The Labute approximate surface area is 86.1 Å². The van der Waals surface area contributed by atoms with Gasteiger partial charge in [-0.05, 0) is 10.4 Å². The normalized spacial score (nSPS) is 9.71. The molecule has 0 nitrogen and oxygen atoms in total. The molecule has 0 aliphatic heterocycles. The highest BCUT2D eigenvalue weighted by Gasteiger charge is 2.00. The number of benzene rings is 2. The molecule has 0 aromatic heterocycles. The van der Waals surface area contributed by atoms with Crippen molar-refractivity contribution in [3.05, 3.63) is 60.7 Å². The minimum atomic E-state index is -0.795. The first-order valence-corrected chi connectivity index (χ1v) is 6.38. The summed E-state index contributed by atoms with van der Waals surface area (Å²) in [4.78, 5) is 0. The average Bonchev–Trinajstić information content (AvgIpc) is 2.30. The lowest BCUT2D eigenvalue weighted by Gasteiger charge is -2.03. The highest BCUT2D eigenvalue weighted by molar-refractivity contribution is 6.86. The molecule has 0 N–H and O–H groups in total. The van der Waals surface area contributed by atoms with Crippen molar-refractivity contribution in [2.45, 2.75) is 0 Å². The maximum absolute atomic E-state index is 4.28. The van der Waals surface area contributed by atoms with Crippen molar-refractivity contribution < 1.29 is 0 Å². The molecule has 0 radical (unpaired) electrons. The van der Waals surface area contributed by atoms with E-state index in [0.29, 0.717) is 0 Å². The molecule has 14 heavy (non-hydrogen) atoms. The number of hydrogen-bond acceptors (Lipinski definition) is 0. The standard InChI is InChI=1S/C13H12Si/c1-14(12-8-4-2-5-9-12)13-10-6-3-7-11-13/h2-11H,1H2. The SMILES string of the molecule is C=[Si](c1ccccc1)c1ccccc1. The molecule has 2 aromatic carbocycles. The van der Waals surface area contributed by atoms with Crippen LogP contribution in [0, 0.1) is 0 Å². The van der Waals surface area contributed by atoms with E-state index >= 15 is 0 Å². The van der Waals surface area contributed by atoms with E-state index in [1.807, 2.05) is 12.1 Å². The van der Waals surface area contributed by atoms with Crippen LogP contribution >= 0.6 is 0 Å². The van der Waals surface area contributed by atoms with Crippen LogP contribution in [0.4, 0.5) is 0 Å². The molecule has 0 aliphatic carbocycles. The summed E-state index contributed by atoms with van der Waals surface area (Å²) >= 11 is 0. The van der Waals surface area contributed by atoms with Crippen molar-refractivity contribution in [3.8, 4) is 0 Å². The van der Waals surface area contributed by atoms with Crippen LogP contribution in [-0.2, 0) is 0 Å². The summed E-state index contributed by atoms with van der Waals surface area (Å²) < 4.78 is 0. The molecule has 0 amide bonds. The van der Waals surface area contributed by atoms with Gasteiger partial charge in [-0.15, -0.1) is 6.17 Å². The molecule has 0 saturated heterocycles. The van der Waals surface area contributed by atoms with Crippen LogP contribution in [0.5, 0.6) is 0 Å².